The van der Waals surface area contributed by atoms with E-state index in [1.54, 1.807) is 0 Å². The Bertz CT molecular complexity index is 506. The molecule has 19 heavy (non-hydrogen) atoms. The van der Waals surface area contributed by atoms with Gasteiger partial charge in [-0.15, -0.1) is 12.4 Å². The number of nitrogens with one attached hydrogen (secondary N) is 2. The number of hydrogen-bond acceptors (Lipinski definition) is 3. The zero-order valence-electron chi connectivity index (χ0n) is 11.1. The lowest BCUT2D eigenvalue weighted by Crippen LogP contribution is -2.28. The van der Waals surface area contributed by atoms with Gasteiger partial charge in [0.25, 0.3) is 0 Å². The van der Waals surface area contributed by atoms with Crippen LogP contribution in [0.5, 0.6) is 0 Å². The summed E-state index contributed by atoms with van der Waals surface area (Å²) in [5.74, 6) is 0.811. The van der Waals surface area contributed by atoms with Crippen molar-refractivity contribution in [1.29, 1.82) is 0 Å². The SMILES string of the molecule is CNCCC(=O)NC(C)c1cc2ccccc2o1.Cl. The first-order chi connectivity index (χ1) is 8.70. The molecule has 0 spiro atoms. The Hall–Kier alpha value is -1.52. The largest absolute Gasteiger partial charge is 0.459 e. The summed E-state index contributed by atoms with van der Waals surface area (Å²) in [7, 11) is 1.83. The maximum atomic E-state index is 11.6. The highest BCUT2D eigenvalue weighted by Gasteiger charge is 2.13. The molecule has 4 nitrogen and oxygen atoms in total. The summed E-state index contributed by atoms with van der Waals surface area (Å²) >= 11 is 0. The number of hydrogen-bond donors (Lipinski definition) is 2. The molecule has 0 saturated carbocycles. The second-order valence-electron chi connectivity index (χ2n) is 4.33. The summed E-state index contributed by atoms with van der Waals surface area (Å²) in [5.41, 5.74) is 0.851. The summed E-state index contributed by atoms with van der Waals surface area (Å²) in [6.45, 7) is 2.60. The highest BCUT2D eigenvalue weighted by molar-refractivity contribution is 5.85. The third-order valence-corrected chi connectivity index (χ3v) is 2.85. The Morgan fingerprint density at radius 1 is 1.37 bits per heavy atom. The quantitative estimate of drug-likeness (QED) is 0.886. The smallest absolute Gasteiger partial charge is 0.221 e. The summed E-state index contributed by atoms with van der Waals surface area (Å²) in [6, 6.07) is 9.69. The highest BCUT2D eigenvalue weighted by atomic mass is 35.5. The molecule has 1 atom stereocenters. The molecule has 1 unspecified atom stereocenters. The van der Waals surface area contributed by atoms with E-state index in [1.165, 1.54) is 0 Å². The number of carbonyl (C=O) groups excluding carboxylic acids is 1. The minimum absolute atomic E-state index is 0. The molecule has 0 aliphatic heterocycles. The Kier molecular flexibility index (Phi) is 5.86. The Morgan fingerprint density at radius 2 is 2.11 bits per heavy atom. The van der Waals surface area contributed by atoms with Gasteiger partial charge in [0.05, 0.1) is 6.04 Å². The fourth-order valence-corrected chi connectivity index (χ4v) is 1.84. The number of para-hydroxylation sites is 1. The van der Waals surface area contributed by atoms with Crippen molar-refractivity contribution in [2.45, 2.75) is 19.4 Å². The molecule has 1 heterocycles. The van der Waals surface area contributed by atoms with E-state index in [2.05, 4.69) is 10.6 Å². The van der Waals surface area contributed by atoms with Crippen LogP contribution in [0, 0.1) is 0 Å². The molecule has 0 bridgehead atoms. The van der Waals surface area contributed by atoms with Gasteiger partial charge in [-0.25, -0.2) is 0 Å². The van der Waals surface area contributed by atoms with Gasteiger partial charge in [-0.05, 0) is 26.1 Å². The predicted octanol–water partition coefficient (Wildman–Crippen LogP) is 2.64. The third kappa shape index (κ3) is 3.98. The molecule has 0 fully saturated rings. The predicted molar refractivity (Wildman–Crippen MR) is 78.6 cm³/mol. The fourth-order valence-electron chi connectivity index (χ4n) is 1.84. The molecule has 5 heteroatoms. The second-order valence-corrected chi connectivity index (χ2v) is 4.33. The van der Waals surface area contributed by atoms with Crippen molar-refractivity contribution < 1.29 is 9.21 Å². The number of benzene rings is 1. The van der Waals surface area contributed by atoms with Crippen molar-refractivity contribution in [2.75, 3.05) is 13.6 Å². The van der Waals surface area contributed by atoms with Crippen LogP contribution in [0.3, 0.4) is 0 Å². The van der Waals surface area contributed by atoms with Crippen LogP contribution in [0.2, 0.25) is 0 Å². The normalized spacial score (nSPS) is 11.9. The number of fused-ring (bicyclic) bond motifs is 1. The van der Waals surface area contributed by atoms with Crippen molar-refractivity contribution in [2.24, 2.45) is 0 Å². The topological polar surface area (TPSA) is 54.3 Å². The van der Waals surface area contributed by atoms with Gasteiger partial charge in [-0.2, -0.15) is 0 Å². The molecule has 2 rings (SSSR count). The molecule has 1 aromatic heterocycles. The first-order valence-corrected chi connectivity index (χ1v) is 6.13. The molecule has 1 aromatic carbocycles. The van der Waals surface area contributed by atoms with E-state index in [1.807, 2.05) is 44.3 Å². The van der Waals surface area contributed by atoms with Crippen LogP contribution in [0.4, 0.5) is 0 Å². The van der Waals surface area contributed by atoms with Gasteiger partial charge in [0, 0.05) is 18.4 Å². The first-order valence-electron chi connectivity index (χ1n) is 6.13. The summed E-state index contributed by atoms with van der Waals surface area (Å²) < 4.78 is 5.70. The highest BCUT2D eigenvalue weighted by Crippen LogP contribution is 2.23. The van der Waals surface area contributed by atoms with E-state index in [4.69, 9.17) is 4.42 Å². The lowest BCUT2D eigenvalue weighted by molar-refractivity contribution is -0.121. The maximum Gasteiger partial charge on any atom is 0.221 e. The van der Waals surface area contributed by atoms with Crippen LogP contribution in [-0.2, 0) is 4.79 Å². The van der Waals surface area contributed by atoms with Gasteiger partial charge in [0.1, 0.15) is 11.3 Å². The molecule has 2 aromatic rings. The standard InChI is InChI=1S/C14H18N2O2.ClH/c1-10(16-14(17)7-8-15-2)13-9-11-5-3-4-6-12(11)18-13;/h3-6,9-10,15H,7-8H2,1-2H3,(H,16,17);1H. The second kappa shape index (κ2) is 7.16. The van der Waals surface area contributed by atoms with Gasteiger partial charge in [0.2, 0.25) is 5.91 Å². The average Bonchev–Trinajstić information content (AvgIpc) is 2.80. The van der Waals surface area contributed by atoms with Gasteiger partial charge in [0.15, 0.2) is 0 Å². The zero-order valence-corrected chi connectivity index (χ0v) is 11.9. The number of amides is 1. The van der Waals surface area contributed by atoms with Crippen molar-refractivity contribution in [3.63, 3.8) is 0 Å². The summed E-state index contributed by atoms with van der Waals surface area (Å²) in [4.78, 5) is 11.6. The van der Waals surface area contributed by atoms with Crippen LogP contribution in [0.25, 0.3) is 11.0 Å². The van der Waals surface area contributed by atoms with Crippen LogP contribution in [0.1, 0.15) is 25.1 Å². The van der Waals surface area contributed by atoms with Gasteiger partial charge >= 0.3 is 0 Å². The van der Waals surface area contributed by atoms with Crippen molar-refractivity contribution in [3.8, 4) is 0 Å². The molecule has 0 aliphatic carbocycles. The number of halogens is 1. The first kappa shape index (κ1) is 15.5. The van der Waals surface area contributed by atoms with E-state index in [0.29, 0.717) is 13.0 Å². The summed E-state index contributed by atoms with van der Waals surface area (Å²) in [6.07, 6.45) is 0.473. The Morgan fingerprint density at radius 3 is 2.79 bits per heavy atom. The monoisotopic (exact) mass is 282 g/mol. The van der Waals surface area contributed by atoms with E-state index >= 15 is 0 Å². The zero-order chi connectivity index (χ0) is 13.0. The average molecular weight is 283 g/mol. The maximum absolute atomic E-state index is 11.6. The molecule has 0 saturated heterocycles. The van der Waals surface area contributed by atoms with Crippen LogP contribution < -0.4 is 10.6 Å². The molecular formula is C14H19ClN2O2. The van der Waals surface area contributed by atoms with Gasteiger partial charge in [-0.1, -0.05) is 18.2 Å². The minimum Gasteiger partial charge on any atom is -0.459 e. The van der Waals surface area contributed by atoms with Crippen molar-refractivity contribution in [3.05, 3.63) is 36.1 Å². The van der Waals surface area contributed by atoms with Crippen LogP contribution in [0.15, 0.2) is 34.7 Å². The van der Waals surface area contributed by atoms with Crippen LogP contribution in [-0.4, -0.2) is 19.5 Å². The molecular weight excluding hydrogens is 264 g/mol. The van der Waals surface area contributed by atoms with Crippen molar-refractivity contribution >= 4 is 29.3 Å². The van der Waals surface area contributed by atoms with E-state index in [9.17, 15) is 4.79 Å². The van der Waals surface area contributed by atoms with Crippen LogP contribution >= 0.6 is 12.4 Å². The lowest BCUT2D eigenvalue weighted by atomic mass is 10.2. The van der Waals surface area contributed by atoms with Crippen molar-refractivity contribution in [1.82, 2.24) is 10.6 Å². The molecule has 0 radical (unpaired) electrons. The Balaban J connectivity index is 0.00000180. The number of rotatable bonds is 5. The third-order valence-electron chi connectivity index (χ3n) is 2.85. The molecule has 0 aliphatic rings. The lowest BCUT2D eigenvalue weighted by Gasteiger charge is -2.10. The van der Waals surface area contributed by atoms with E-state index in [0.717, 1.165) is 16.7 Å². The fraction of sp³-hybridized carbons (Fsp3) is 0.357. The number of carbonyl (C=O) groups is 1. The number of furan rings is 1. The van der Waals surface area contributed by atoms with Gasteiger partial charge < -0.3 is 15.1 Å². The molecule has 2 N–H and O–H groups in total. The summed E-state index contributed by atoms with van der Waals surface area (Å²) in [5, 5.41) is 6.93. The van der Waals surface area contributed by atoms with E-state index in [-0.39, 0.29) is 24.4 Å². The van der Waals surface area contributed by atoms with Gasteiger partial charge in [-0.3, -0.25) is 4.79 Å². The van der Waals surface area contributed by atoms with E-state index < -0.39 is 0 Å². The minimum atomic E-state index is -0.109. The Labute approximate surface area is 119 Å². The molecule has 104 valence electrons. The molecule has 1 amide bonds.